The highest BCUT2D eigenvalue weighted by molar-refractivity contribution is 9.10. The average molecular weight is 356 g/mol. The normalized spacial score (nSPS) is 17.0. The summed E-state index contributed by atoms with van der Waals surface area (Å²) in [5, 5.41) is 14.2. The van der Waals surface area contributed by atoms with Crippen molar-refractivity contribution in [2.45, 2.75) is 25.8 Å². The Kier molecular flexibility index (Phi) is 6.14. The highest BCUT2D eigenvalue weighted by atomic mass is 79.9. The second-order valence-corrected chi connectivity index (χ2v) is 6.41. The molecular weight excluding hydrogens is 334 g/mol. The minimum atomic E-state index is -0.336. The highest BCUT2D eigenvalue weighted by Gasteiger charge is 2.21. The molecule has 1 heterocycles. The third-order valence-electron chi connectivity index (χ3n) is 4.16. The lowest BCUT2D eigenvalue weighted by molar-refractivity contribution is -0.385. The summed E-state index contributed by atoms with van der Waals surface area (Å²) in [6.45, 7) is 4.01. The zero-order valence-corrected chi connectivity index (χ0v) is 13.9. The van der Waals surface area contributed by atoms with Crippen LogP contribution < -0.4 is 5.32 Å². The zero-order valence-electron chi connectivity index (χ0n) is 12.3. The molecule has 1 N–H and O–H groups in total. The van der Waals surface area contributed by atoms with Gasteiger partial charge >= 0.3 is 0 Å². The quantitative estimate of drug-likeness (QED) is 0.628. The number of nitro benzene ring substituents is 1. The number of hydrogen-bond acceptors (Lipinski definition) is 4. The average Bonchev–Trinajstić information content (AvgIpc) is 2.48. The molecule has 5 nitrogen and oxygen atoms in total. The van der Waals surface area contributed by atoms with Gasteiger partial charge in [0.1, 0.15) is 0 Å². The van der Waals surface area contributed by atoms with E-state index in [4.69, 9.17) is 0 Å². The molecule has 6 heteroatoms. The number of nitrogens with one attached hydrogen (secondary N) is 1. The molecule has 0 spiro atoms. The van der Waals surface area contributed by atoms with Gasteiger partial charge in [0.15, 0.2) is 0 Å². The Balaban J connectivity index is 1.92. The van der Waals surface area contributed by atoms with E-state index in [9.17, 15) is 10.1 Å². The SMILES string of the molecule is CNCCC1CCN(Cc2cccc([N+](=O)[O-])c2Br)CC1. The predicted octanol–water partition coefficient (Wildman–Crippen LogP) is 3.18. The van der Waals surface area contributed by atoms with Gasteiger partial charge in [-0.15, -0.1) is 0 Å². The number of piperidine rings is 1. The van der Waals surface area contributed by atoms with E-state index in [1.807, 2.05) is 13.1 Å². The lowest BCUT2D eigenvalue weighted by Gasteiger charge is -2.32. The number of hydrogen-bond donors (Lipinski definition) is 1. The van der Waals surface area contributed by atoms with Crippen LogP contribution >= 0.6 is 15.9 Å². The molecule has 116 valence electrons. The molecule has 1 saturated heterocycles. The first-order valence-corrected chi connectivity index (χ1v) is 8.20. The van der Waals surface area contributed by atoms with E-state index in [-0.39, 0.29) is 10.6 Å². The number of rotatable bonds is 6. The molecule has 0 aromatic heterocycles. The van der Waals surface area contributed by atoms with Crippen LogP contribution in [0.3, 0.4) is 0 Å². The highest BCUT2D eigenvalue weighted by Crippen LogP contribution is 2.30. The summed E-state index contributed by atoms with van der Waals surface area (Å²) in [5.74, 6) is 0.808. The van der Waals surface area contributed by atoms with Crippen molar-refractivity contribution in [3.05, 3.63) is 38.3 Å². The van der Waals surface area contributed by atoms with Crippen LogP contribution in [0.4, 0.5) is 5.69 Å². The van der Waals surface area contributed by atoms with Gasteiger partial charge in [0.05, 0.1) is 9.40 Å². The minimum absolute atomic E-state index is 0.149. The maximum absolute atomic E-state index is 11.0. The number of nitro groups is 1. The first-order chi connectivity index (χ1) is 10.1. The number of likely N-dealkylation sites (tertiary alicyclic amines) is 1. The molecule has 0 saturated carbocycles. The van der Waals surface area contributed by atoms with Crippen LogP contribution in [0.15, 0.2) is 22.7 Å². The van der Waals surface area contributed by atoms with Crippen molar-refractivity contribution in [1.82, 2.24) is 10.2 Å². The fourth-order valence-corrected chi connectivity index (χ4v) is 3.39. The van der Waals surface area contributed by atoms with Crippen molar-refractivity contribution >= 4 is 21.6 Å². The standard InChI is InChI=1S/C15H22BrN3O2/c1-17-8-5-12-6-9-18(10-7-12)11-13-3-2-4-14(15(13)16)19(20)21/h2-4,12,17H,5-11H2,1H3. The Bertz CT molecular complexity index is 488. The summed E-state index contributed by atoms with van der Waals surface area (Å²) in [6, 6.07) is 5.26. The molecule has 0 radical (unpaired) electrons. The third kappa shape index (κ3) is 4.49. The van der Waals surface area contributed by atoms with Crippen LogP contribution in [-0.4, -0.2) is 36.5 Å². The van der Waals surface area contributed by atoms with E-state index < -0.39 is 0 Å². The van der Waals surface area contributed by atoms with E-state index in [1.165, 1.54) is 25.3 Å². The Morgan fingerprint density at radius 1 is 1.43 bits per heavy atom. The van der Waals surface area contributed by atoms with Crippen LogP contribution in [0.2, 0.25) is 0 Å². The molecule has 1 aromatic carbocycles. The number of benzene rings is 1. The molecule has 0 bridgehead atoms. The Hall–Kier alpha value is -0.980. The second-order valence-electron chi connectivity index (χ2n) is 5.62. The van der Waals surface area contributed by atoms with Crippen molar-refractivity contribution in [3.8, 4) is 0 Å². The largest absolute Gasteiger partial charge is 0.320 e. The summed E-state index contributed by atoms with van der Waals surface area (Å²) < 4.78 is 0.618. The first kappa shape index (κ1) is 16.4. The molecule has 2 rings (SSSR count). The molecular formula is C15H22BrN3O2. The predicted molar refractivity (Wildman–Crippen MR) is 87.3 cm³/mol. The lowest BCUT2D eigenvalue weighted by atomic mass is 9.93. The smallest absolute Gasteiger partial charge is 0.283 e. The summed E-state index contributed by atoms with van der Waals surface area (Å²) in [7, 11) is 2.00. The third-order valence-corrected chi connectivity index (χ3v) is 5.07. The van der Waals surface area contributed by atoms with Gasteiger partial charge in [0.2, 0.25) is 0 Å². The van der Waals surface area contributed by atoms with Crippen molar-refractivity contribution in [2.24, 2.45) is 5.92 Å². The molecule has 21 heavy (non-hydrogen) atoms. The Morgan fingerprint density at radius 2 is 2.14 bits per heavy atom. The summed E-state index contributed by atoms with van der Waals surface area (Å²) in [6.07, 6.45) is 3.67. The van der Waals surface area contributed by atoms with Crippen LogP contribution in [-0.2, 0) is 6.54 Å². The van der Waals surface area contributed by atoms with Gasteiger partial charge in [0, 0.05) is 12.6 Å². The molecule has 0 atom stereocenters. The van der Waals surface area contributed by atoms with Gasteiger partial charge in [-0.2, -0.15) is 0 Å². The van der Waals surface area contributed by atoms with E-state index in [2.05, 4.69) is 26.1 Å². The summed E-state index contributed by atoms with van der Waals surface area (Å²) in [4.78, 5) is 13.0. The van der Waals surface area contributed by atoms with E-state index in [0.29, 0.717) is 4.47 Å². The van der Waals surface area contributed by atoms with Gasteiger partial charge in [0.25, 0.3) is 5.69 Å². The van der Waals surface area contributed by atoms with Gasteiger partial charge in [-0.3, -0.25) is 15.0 Å². The van der Waals surface area contributed by atoms with Gasteiger partial charge < -0.3 is 5.32 Å². The topological polar surface area (TPSA) is 58.4 Å². The second kappa shape index (κ2) is 7.87. The fraction of sp³-hybridized carbons (Fsp3) is 0.600. The number of halogens is 1. The van der Waals surface area contributed by atoms with Gasteiger partial charge in [-0.05, 0) is 73.4 Å². The van der Waals surface area contributed by atoms with Gasteiger partial charge in [-0.1, -0.05) is 12.1 Å². The molecule has 1 fully saturated rings. The van der Waals surface area contributed by atoms with Crippen molar-refractivity contribution in [1.29, 1.82) is 0 Å². The maximum atomic E-state index is 11.0. The molecule has 1 aliphatic rings. The summed E-state index contributed by atoms with van der Waals surface area (Å²) in [5.41, 5.74) is 1.15. The maximum Gasteiger partial charge on any atom is 0.283 e. The van der Waals surface area contributed by atoms with Crippen molar-refractivity contribution in [3.63, 3.8) is 0 Å². The van der Waals surface area contributed by atoms with Crippen LogP contribution in [0.5, 0.6) is 0 Å². The monoisotopic (exact) mass is 355 g/mol. The summed E-state index contributed by atoms with van der Waals surface area (Å²) >= 11 is 3.38. The first-order valence-electron chi connectivity index (χ1n) is 7.40. The van der Waals surface area contributed by atoms with Gasteiger partial charge in [-0.25, -0.2) is 0 Å². The van der Waals surface area contributed by atoms with Crippen molar-refractivity contribution < 1.29 is 4.92 Å². The molecule has 0 amide bonds. The zero-order chi connectivity index (χ0) is 15.2. The lowest BCUT2D eigenvalue weighted by Crippen LogP contribution is -2.34. The molecule has 0 unspecified atom stereocenters. The van der Waals surface area contributed by atoms with E-state index in [1.54, 1.807) is 6.07 Å². The fourth-order valence-electron chi connectivity index (χ4n) is 2.85. The van der Waals surface area contributed by atoms with E-state index in [0.717, 1.165) is 37.7 Å². The molecule has 1 aromatic rings. The Morgan fingerprint density at radius 3 is 2.76 bits per heavy atom. The number of nitrogens with zero attached hydrogens (tertiary/aromatic N) is 2. The minimum Gasteiger partial charge on any atom is -0.320 e. The molecule has 0 aliphatic carbocycles. The van der Waals surface area contributed by atoms with Crippen LogP contribution in [0.25, 0.3) is 0 Å². The van der Waals surface area contributed by atoms with Crippen LogP contribution in [0, 0.1) is 16.0 Å². The Labute approximate surface area is 134 Å². The molecule has 1 aliphatic heterocycles. The van der Waals surface area contributed by atoms with Crippen molar-refractivity contribution in [2.75, 3.05) is 26.7 Å². The van der Waals surface area contributed by atoms with E-state index >= 15 is 0 Å². The van der Waals surface area contributed by atoms with Crippen LogP contribution in [0.1, 0.15) is 24.8 Å².